The summed E-state index contributed by atoms with van der Waals surface area (Å²) in [6.07, 6.45) is 0. The molecule has 44 heavy (non-hydrogen) atoms. The van der Waals surface area contributed by atoms with Crippen LogP contribution in [-0.2, 0) is 0 Å². The second-order valence-corrected chi connectivity index (χ2v) is 11.4. The smallest absolute Gasteiger partial charge is 0.0795 e. The minimum absolute atomic E-state index is 1.15. The third-order valence-electron chi connectivity index (χ3n) is 8.88. The third kappa shape index (κ3) is 3.68. The summed E-state index contributed by atoms with van der Waals surface area (Å²) in [6.45, 7) is 0. The van der Waals surface area contributed by atoms with Crippen molar-refractivity contribution in [2.75, 3.05) is 0 Å². The Labute approximate surface area is 255 Å². The van der Waals surface area contributed by atoms with Crippen LogP contribution in [0.3, 0.4) is 0 Å². The molecule has 0 amide bonds. The molecule has 2 heterocycles. The first-order valence-electron chi connectivity index (χ1n) is 15.1. The molecule has 0 aliphatic carbocycles. The minimum atomic E-state index is 1.15. The minimum Gasteiger partial charge on any atom is -0.307 e. The van der Waals surface area contributed by atoms with E-state index < -0.39 is 0 Å². The molecular weight excluding hydrogens is 532 g/mol. The SMILES string of the molecule is c1ccc(-c2cccc(-n3c4ccccc4c4cc(-c5ccccc5)c5c6ccccc6n(-c6ccccc6)c5c43)c2)cc1. The van der Waals surface area contributed by atoms with Gasteiger partial charge in [-0.3, -0.25) is 0 Å². The maximum Gasteiger partial charge on any atom is 0.0795 e. The van der Waals surface area contributed by atoms with Crippen LogP contribution in [0.25, 0.3) is 77.2 Å². The van der Waals surface area contributed by atoms with E-state index in [1.165, 1.54) is 65.9 Å². The molecule has 0 N–H and O–H groups in total. The van der Waals surface area contributed by atoms with Crippen molar-refractivity contribution in [3.8, 4) is 33.6 Å². The van der Waals surface area contributed by atoms with Gasteiger partial charge >= 0.3 is 0 Å². The van der Waals surface area contributed by atoms with Gasteiger partial charge in [0.1, 0.15) is 0 Å². The predicted octanol–water partition coefficient (Wildman–Crippen LogP) is 11.2. The Morgan fingerprint density at radius 3 is 1.57 bits per heavy atom. The molecule has 0 spiro atoms. The average Bonchev–Trinajstić information content (AvgIpc) is 3.63. The van der Waals surface area contributed by atoms with Crippen molar-refractivity contribution >= 4 is 43.6 Å². The second-order valence-electron chi connectivity index (χ2n) is 11.4. The van der Waals surface area contributed by atoms with Crippen LogP contribution in [0.1, 0.15) is 0 Å². The fourth-order valence-electron chi connectivity index (χ4n) is 7.01. The molecule has 2 heteroatoms. The summed E-state index contributed by atoms with van der Waals surface area (Å²) < 4.78 is 4.95. The van der Waals surface area contributed by atoms with Crippen molar-refractivity contribution in [1.29, 1.82) is 0 Å². The van der Waals surface area contributed by atoms with Crippen molar-refractivity contribution in [3.63, 3.8) is 0 Å². The van der Waals surface area contributed by atoms with Crippen LogP contribution in [0.4, 0.5) is 0 Å². The number of fused-ring (bicyclic) bond motifs is 7. The monoisotopic (exact) mass is 560 g/mol. The molecule has 0 aliphatic rings. The number of para-hydroxylation sites is 3. The van der Waals surface area contributed by atoms with E-state index in [-0.39, 0.29) is 0 Å². The van der Waals surface area contributed by atoms with Gasteiger partial charge in [-0.05, 0) is 64.7 Å². The molecule has 0 saturated heterocycles. The zero-order valence-corrected chi connectivity index (χ0v) is 24.1. The summed E-state index contributed by atoms with van der Waals surface area (Å²) in [6, 6.07) is 61.3. The van der Waals surface area contributed by atoms with Crippen LogP contribution < -0.4 is 0 Å². The maximum absolute atomic E-state index is 2.48. The fraction of sp³-hybridized carbons (Fsp3) is 0. The Morgan fingerprint density at radius 1 is 0.318 bits per heavy atom. The summed E-state index contributed by atoms with van der Waals surface area (Å²) in [5.41, 5.74) is 12.0. The van der Waals surface area contributed by atoms with Crippen molar-refractivity contribution in [2.45, 2.75) is 0 Å². The van der Waals surface area contributed by atoms with E-state index in [1.807, 2.05) is 0 Å². The third-order valence-corrected chi connectivity index (χ3v) is 8.88. The highest BCUT2D eigenvalue weighted by molar-refractivity contribution is 6.28. The maximum atomic E-state index is 2.48. The lowest BCUT2D eigenvalue weighted by molar-refractivity contribution is 1.15. The lowest BCUT2D eigenvalue weighted by Crippen LogP contribution is -1.99. The van der Waals surface area contributed by atoms with E-state index in [1.54, 1.807) is 0 Å². The zero-order chi connectivity index (χ0) is 29.0. The van der Waals surface area contributed by atoms with Crippen LogP contribution in [0.5, 0.6) is 0 Å². The number of benzene rings is 7. The lowest BCUT2D eigenvalue weighted by atomic mass is 9.96. The Morgan fingerprint density at radius 2 is 0.841 bits per heavy atom. The number of nitrogens with zero attached hydrogens (tertiary/aromatic N) is 2. The topological polar surface area (TPSA) is 9.86 Å². The van der Waals surface area contributed by atoms with Crippen LogP contribution in [0.2, 0.25) is 0 Å². The Hall–Kier alpha value is -5.86. The Balaban J connectivity index is 1.53. The molecule has 0 saturated carbocycles. The second kappa shape index (κ2) is 9.86. The van der Waals surface area contributed by atoms with E-state index in [0.717, 1.165) is 11.4 Å². The van der Waals surface area contributed by atoms with E-state index in [9.17, 15) is 0 Å². The first-order valence-corrected chi connectivity index (χ1v) is 15.1. The summed E-state index contributed by atoms with van der Waals surface area (Å²) in [5, 5.41) is 5.02. The highest BCUT2D eigenvalue weighted by Crippen LogP contribution is 2.46. The van der Waals surface area contributed by atoms with Crippen LogP contribution in [0.15, 0.2) is 170 Å². The van der Waals surface area contributed by atoms with Gasteiger partial charge < -0.3 is 9.13 Å². The molecule has 206 valence electrons. The molecule has 0 radical (unpaired) electrons. The molecule has 2 nitrogen and oxygen atoms in total. The van der Waals surface area contributed by atoms with Gasteiger partial charge in [0.05, 0.1) is 22.1 Å². The Bertz CT molecular complexity index is 2470. The summed E-state index contributed by atoms with van der Waals surface area (Å²) in [7, 11) is 0. The summed E-state index contributed by atoms with van der Waals surface area (Å²) in [4.78, 5) is 0. The van der Waals surface area contributed by atoms with E-state index >= 15 is 0 Å². The van der Waals surface area contributed by atoms with Crippen molar-refractivity contribution in [3.05, 3.63) is 170 Å². The van der Waals surface area contributed by atoms with Gasteiger partial charge in [-0.1, -0.05) is 127 Å². The molecule has 0 unspecified atom stereocenters. The standard InChI is InChI=1S/C42H28N2/c1-4-15-29(16-5-1)31-19-14-22-33(27-31)44-38-25-12-10-23-34(38)37-28-36(30-17-6-2-7-18-30)40-35-24-11-13-26-39(35)43(42(40)41(37)44)32-20-8-3-9-21-32/h1-28H. The quantitative estimate of drug-likeness (QED) is 0.203. The molecule has 7 aromatic carbocycles. The largest absolute Gasteiger partial charge is 0.307 e. The Kier molecular flexibility index (Phi) is 5.54. The molecular formula is C42H28N2. The van der Waals surface area contributed by atoms with Gasteiger partial charge in [-0.15, -0.1) is 0 Å². The van der Waals surface area contributed by atoms with Crippen LogP contribution in [0, 0.1) is 0 Å². The van der Waals surface area contributed by atoms with Gasteiger partial charge in [0, 0.05) is 32.9 Å². The number of hydrogen-bond donors (Lipinski definition) is 0. The highest BCUT2D eigenvalue weighted by Gasteiger charge is 2.24. The molecule has 0 aliphatic heterocycles. The zero-order valence-electron chi connectivity index (χ0n) is 24.1. The van der Waals surface area contributed by atoms with Gasteiger partial charge in [-0.2, -0.15) is 0 Å². The molecule has 0 fully saturated rings. The van der Waals surface area contributed by atoms with Crippen molar-refractivity contribution in [2.24, 2.45) is 0 Å². The van der Waals surface area contributed by atoms with E-state index in [4.69, 9.17) is 0 Å². The van der Waals surface area contributed by atoms with Gasteiger partial charge in [0.25, 0.3) is 0 Å². The first kappa shape index (κ1) is 24.7. The number of rotatable bonds is 4. The van der Waals surface area contributed by atoms with Gasteiger partial charge in [0.2, 0.25) is 0 Å². The number of aromatic nitrogens is 2. The fourth-order valence-corrected chi connectivity index (χ4v) is 7.01. The molecule has 0 atom stereocenters. The molecule has 0 bridgehead atoms. The highest BCUT2D eigenvalue weighted by atomic mass is 15.0. The molecule has 9 aromatic rings. The average molecular weight is 561 g/mol. The van der Waals surface area contributed by atoms with Crippen molar-refractivity contribution in [1.82, 2.24) is 9.13 Å². The van der Waals surface area contributed by atoms with Crippen molar-refractivity contribution < 1.29 is 0 Å². The molecule has 2 aromatic heterocycles. The van der Waals surface area contributed by atoms with Gasteiger partial charge in [0.15, 0.2) is 0 Å². The lowest BCUT2D eigenvalue weighted by Gasteiger charge is -2.15. The first-order chi connectivity index (χ1) is 21.9. The molecule has 9 rings (SSSR count). The van der Waals surface area contributed by atoms with Crippen LogP contribution in [-0.4, -0.2) is 9.13 Å². The van der Waals surface area contributed by atoms with Gasteiger partial charge in [-0.25, -0.2) is 0 Å². The predicted molar refractivity (Wildman–Crippen MR) is 186 cm³/mol. The van der Waals surface area contributed by atoms with E-state index in [2.05, 4.69) is 179 Å². The summed E-state index contributed by atoms with van der Waals surface area (Å²) in [5.74, 6) is 0. The number of hydrogen-bond acceptors (Lipinski definition) is 0. The summed E-state index contributed by atoms with van der Waals surface area (Å²) >= 11 is 0. The van der Waals surface area contributed by atoms with Crippen LogP contribution >= 0.6 is 0 Å². The van der Waals surface area contributed by atoms with E-state index in [0.29, 0.717) is 0 Å². The normalized spacial score (nSPS) is 11.6.